The largest absolute Gasteiger partial charge is 0.504 e. The molecule has 12 heteroatoms. The van der Waals surface area contributed by atoms with Gasteiger partial charge in [-0.05, 0) is 35.4 Å². The number of rotatable bonds is 11. The lowest BCUT2D eigenvalue weighted by molar-refractivity contribution is 0.358. The fourth-order valence-electron chi connectivity index (χ4n) is 3.13. The zero-order chi connectivity index (χ0) is 24.1. The van der Waals surface area contributed by atoms with Crippen molar-refractivity contribution in [1.82, 2.24) is 8.61 Å². The molecule has 10 nitrogen and oxygen atoms in total. The van der Waals surface area contributed by atoms with Crippen LogP contribution in [0, 0.1) is 0 Å². The molecule has 0 aliphatic carbocycles. The fourth-order valence-corrected chi connectivity index (χ4v) is 6.21. The van der Waals surface area contributed by atoms with Crippen molar-refractivity contribution in [2.24, 2.45) is 0 Å². The molecular weight excluding hydrogens is 460 g/mol. The normalized spacial score (nSPS) is 12.5. The van der Waals surface area contributed by atoms with Crippen molar-refractivity contribution in [3.8, 4) is 23.0 Å². The maximum Gasteiger partial charge on any atom is 0.218 e. The summed E-state index contributed by atoms with van der Waals surface area (Å²) in [5.41, 5.74) is 0.566. The molecule has 0 unspecified atom stereocenters. The van der Waals surface area contributed by atoms with Crippen LogP contribution in [0.25, 0.3) is 0 Å². The van der Waals surface area contributed by atoms with E-state index in [4.69, 9.17) is 0 Å². The SMILES string of the molecule is CCN(CCN(CC)S(=O)(=O)Cc1ccc(O)c(O)c1)S(=O)(=O)Cc1ccc(O)c(O)c1. The van der Waals surface area contributed by atoms with Crippen molar-refractivity contribution in [3.63, 3.8) is 0 Å². The molecule has 4 N–H and O–H groups in total. The number of phenols is 4. The van der Waals surface area contributed by atoms with E-state index in [9.17, 15) is 37.3 Å². The van der Waals surface area contributed by atoms with E-state index < -0.39 is 43.1 Å². The summed E-state index contributed by atoms with van der Waals surface area (Å²) in [6.45, 7) is 3.37. The molecule has 0 saturated carbocycles. The summed E-state index contributed by atoms with van der Waals surface area (Å²) >= 11 is 0. The Labute approximate surface area is 188 Å². The van der Waals surface area contributed by atoms with E-state index in [1.165, 1.54) is 24.3 Å². The zero-order valence-electron chi connectivity index (χ0n) is 17.8. The summed E-state index contributed by atoms with van der Waals surface area (Å²) < 4.78 is 53.5. The van der Waals surface area contributed by atoms with E-state index in [-0.39, 0.29) is 48.8 Å². The first kappa shape index (κ1) is 25.7. The fraction of sp³-hybridized carbons (Fsp3) is 0.400. The molecule has 2 aromatic rings. The Kier molecular flexibility index (Phi) is 8.35. The van der Waals surface area contributed by atoms with Crippen LogP contribution in [0.5, 0.6) is 23.0 Å². The summed E-state index contributed by atoms with van der Waals surface area (Å²) in [6, 6.07) is 7.49. The zero-order valence-corrected chi connectivity index (χ0v) is 19.5. The minimum Gasteiger partial charge on any atom is -0.504 e. The van der Waals surface area contributed by atoms with Crippen molar-refractivity contribution in [3.05, 3.63) is 47.5 Å². The summed E-state index contributed by atoms with van der Waals surface area (Å²) in [5, 5.41) is 37.9. The molecular formula is C20H28N2O8S2. The Morgan fingerprint density at radius 1 is 0.625 bits per heavy atom. The Balaban J connectivity index is 2.10. The van der Waals surface area contributed by atoms with Crippen molar-refractivity contribution < 1.29 is 37.3 Å². The molecule has 32 heavy (non-hydrogen) atoms. The predicted octanol–water partition coefficient (Wildman–Crippen LogP) is 1.51. The van der Waals surface area contributed by atoms with E-state index in [0.717, 1.165) is 20.7 Å². The van der Waals surface area contributed by atoms with Gasteiger partial charge in [0.2, 0.25) is 20.0 Å². The molecule has 0 fully saturated rings. The van der Waals surface area contributed by atoms with Crippen LogP contribution >= 0.6 is 0 Å². The number of hydrogen-bond acceptors (Lipinski definition) is 8. The topological polar surface area (TPSA) is 156 Å². The number of sulfonamides is 2. The Morgan fingerprint density at radius 3 is 1.25 bits per heavy atom. The molecule has 0 aliphatic heterocycles. The number of nitrogens with zero attached hydrogens (tertiary/aromatic N) is 2. The van der Waals surface area contributed by atoms with Gasteiger partial charge in [-0.15, -0.1) is 0 Å². The molecule has 0 aliphatic rings. The average molecular weight is 489 g/mol. The highest BCUT2D eigenvalue weighted by Gasteiger charge is 2.26. The third-order valence-electron chi connectivity index (χ3n) is 4.87. The van der Waals surface area contributed by atoms with Gasteiger partial charge in [-0.3, -0.25) is 0 Å². The molecule has 0 heterocycles. The van der Waals surface area contributed by atoms with Crippen molar-refractivity contribution in [2.45, 2.75) is 25.4 Å². The number of benzene rings is 2. The van der Waals surface area contributed by atoms with Crippen LogP contribution in [-0.4, -0.2) is 72.1 Å². The Bertz CT molecular complexity index is 1060. The second-order valence-corrected chi connectivity index (χ2v) is 11.1. The Morgan fingerprint density at radius 2 is 0.969 bits per heavy atom. The molecule has 2 rings (SSSR count). The van der Waals surface area contributed by atoms with E-state index >= 15 is 0 Å². The van der Waals surface area contributed by atoms with Crippen molar-refractivity contribution >= 4 is 20.0 Å². The molecule has 0 saturated heterocycles. The summed E-state index contributed by atoms with van der Waals surface area (Å²) in [7, 11) is -7.63. The second-order valence-electron chi connectivity index (χ2n) is 7.14. The lowest BCUT2D eigenvalue weighted by Crippen LogP contribution is -2.41. The van der Waals surface area contributed by atoms with Gasteiger partial charge < -0.3 is 20.4 Å². The number of aromatic hydroxyl groups is 4. The average Bonchev–Trinajstić information content (AvgIpc) is 2.70. The maximum atomic E-state index is 12.8. The minimum absolute atomic E-state index is 0.0726. The van der Waals surface area contributed by atoms with Gasteiger partial charge in [0.1, 0.15) is 0 Å². The lowest BCUT2D eigenvalue weighted by atomic mass is 10.2. The minimum atomic E-state index is -3.82. The van der Waals surface area contributed by atoms with Gasteiger partial charge >= 0.3 is 0 Å². The van der Waals surface area contributed by atoms with E-state index in [2.05, 4.69) is 0 Å². The van der Waals surface area contributed by atoms with Crippen LogP contribution < -0.4 is 0 Å². The first-order valence-electron chi connectivity index (χ1n) is 9.87. The van der Waals surface area contributed by atoms with Crippen LogP contribution in [0.3, 0.4) is 0 Å². The monoisotopic (exact) mass is 488 g/mol. The van der Waals surface area contributed by atoms with Gasteiger partial charge in [0, 0.05) is 26.2 Å². The molecule has 0 amide bonds. The van der Waals surface area contributed by atoms with Gasteiger partial charge in [-0.25, -0.2) is 25.4 Å². The highest BCUT2D eigenvalue weighted by atomic mass is 32.2. The third-order valence-corrected chi connectivity index (χ3v) is 8.72. The number of hydrogen-bond donors (Lipinski definition) is 4. The van der Waals surface area contributed by atoms with E-state index in [1.54, 1.807) is 13.8 Å². The number of phenolic OH excluding ortho intramolecular Hbond substituents is 4. The first-order valence-corrected chi connectivity index (χ1v) is 13.1. The third kappa shape index (κ3) is 6.48. The van der Waals surface area contributed by atoms with Crippen LogP contribution in [0.1, 0.15) is 25.0 Å². The maximum absolute atomic E-state index is 12.8. The highest BCUT2D eigenvalue weighted by molar-refractivity contribution is 7.88. The molecule has 178 valence electrons. The highest BCUT2D eigenvalue weighted by Crippen LogP contribution is 2.27. The summed E-state index contributed by atoms with van der Waals surface area (Å²) in [4.78, 5) is 0. The molecule has 2 aromatic carbocycles. The summed E-state index contributed by atoms with van der Waals surface area (Å²) in [6.07, 6.45) is 0. The van der Waals surface area contributed by atoms with Crippen LogP contribution in [0.4, 0.5) is 0 Å². The standard InChI is InChI=1S/C20H28N2O8S2/c1-3-21(31(27,28)13-15-5-7-17(23)19(25)11-15)9-10-22(4-2)32(29,30)14-16-6-8-18(24)20(26)12-16/h5-8,11-12,23-26H,3-4,9-10,13-14H2,1-2H3. The number of likely N-dealkylation sites (N-methyl/N-ethyl adjacent to an activating group) is 2. The van der Waals surface area contributed by atoms with Crippen LogP contribution in [0.2, 0.25) is 0 Å². The molecule has 0 aromatic heterocycles. The molecule has 0 atom stereocenters. The first-order chi connectivity index (χ1) is 14.9. The Hall–Kier alpha value is -2.54. The van der Waals surface area contributed by atoms with Gasteiger partial charge in [-0.2, -0.15) is 0 Å². The molecule has 0 bridgehead atoms. The van der Waals surface area contributed by atoms with Gasteiger partial charge in [0.05, 0.1) is 11.5 Å². The van der Waals surface area contributed by atoms with Gasteiger partial charge in [0.25, 0.3) is 0 Å². The van der Waals surface area contributed by atoms with Crippen molar-refractivity contribution in [2.75, 3.05) is 26.2 Å². The van der Waals surface area contributed by atoms with E-state index in [0.29, 0.717) is 0 Å². The van der Waals surface area contributed by atoms with E-state index in [1.807, 2.05) is 0 Å². The van der Waals surface area contributed by atoms with Gasteiger partial charge in [-0.1, -0.05) is 26.0 Å². The van der Waals surface area contributed by atoms with Crippen LogP contribution in [0.15, 0.2) is 36.4 Å². The lowest BCUT2D eigenvalue weighted by Gasteiger charge is -2.25. The second kappa shape index (κ2) is 10.4. The quantitative estimate of drug-likeness (QED) is 0.347. The smallest absolute Gasteiger partial charge is 0.218 e. The van der Waals surface area contributed by atoms with Crippen LogP contribution in [-0.2, 0) is 31.6 Å². The van der Waals surface area contributed by atoms with Crippen molar-refractivity contribution in [1.29, 1.82) is 0 Å². The molecule has 0 radical (unpaired) electrons. The predicted molar refractivity (Wildman–Crippen MR) is 119 cm³/mol. The summed E-state index contributed by atoms with van der Waals surface area (Å²) in [5.74, 6) is -2.40. The van der Waals surface area contributed by atoms with Gasteiger partial charge in [0.15, 0.2) is 23.0 Å². The molecule has 0 spiro atoms.